The van der Waals surface area contributed by atoms with Crippen molar-refractivity contribution >= 4 is 21.5 Å². The molecule has 0 fully saturated rings. The minimum atomic E-state index is -3.66. The van der Waals surface area contributed by atoms with Crippen molar-refractivity contribution in [3.05, 3.63) is 96.1 Å². The minimum Gasteiger partial charge on any atom is -0.282 e. The average Bonchev–Trinajstić information content (AvgIpc) is 2.93. The monoisotopic (exact) mass is 363 g/mol. The molecular formula is C20H17N3O2S. The number of sulfonamides is 1. The molecule has 1 heterocycles. The Morgan fingerprint density at radius 3 is 2.15 bits per heavy atom. The lowest BCUT2D eigenvalue weighted by molar-refractivity contribution is 0.599. The first-order chi connectivity index (χ1) is 12.6. The van der Waals surface area contributed by atoms with Gasteiger partial charge in [0.2, 0.25) is 0 Å². The highest BCUT2D eigenvalue weighted by Crippen LogP contribution is 2.26. The topological polar surface area (TPSA) is 61.8 Å². The van der Waals surface area contributed by atoms with Crippen LogP contribution in [0.2, 0.25) is 0 Å². The normalized spacial score (nSPS) is 14.4. The maximum absolute atomic E-state index is 12.3. The van der Waals surface area contributed by atoms with Gasteiger partial charge in [0, 0.05) is 5.56 Å². The fourth-order valence-electron chi connectivity index (χ4n) is 2.88. The molecule has 0 unspecified atom stereocenters. The first kappa shape index (κ1) is 16.4. The second-order valence-electron chi connectivity index (χ2n) is 5.93. The maximum atomic E-state index is 12.3. The highest BCUT2D eigenvalue weighted by molar-refractivity contribution is 7.90. The van der Waals surface area contributed by atoms with Crippen LogP contribution in [0.1, 0.15) is 11.1 Å². The van der Waals surface area contributed by atoms with Gasteiger partial charge in [0.05, 0.1) is 12.2 Å². The summed E-state index contributed by atoms with van der Waals surface area (Å²) in [4.78, 5) is 0.232. The van der Waals surface area contributed by atoms with E-state index in [-0.39, 0.29) is 4.90 Å². The molecule has 26 heavy (non-hydrogen) atoms. The zero-order chi connectivity index (χ0) is 18.0. The summed E-state index contributed by atoms with van der Waals surface area (Å²) in [5, 5.41) is 1.89. The molecule has 130 valence electrons. The van der Waals surface area contributed by atoms with E-state index in [1.54, 1.807) is 24.3 Å². The predicted octanol–water partition coefficient (Wildman–Crippen LogP) is 3.35. The molecule has 0 aromatic heterocycles. The number of hydrogen-bond donors (Lipinski definition) is 1. The number of rotatable bonds is 4. The summed E-state index contributed by atoms with van der Waals surface area (Å²) in [7, 11) is -3.66. The summed E-state index contributed by atoms with van der Waals surface area (Å²) >= 11 is 0. The number of nitrogens with one attached hydrogen (secondary N) is 1. The van der Waals surface area contributed by atoms with Crippen LogP contribution < -0.4 is 10.4 Å². The van der Waals surface area contributed by atoms with E-state index in [9.17, 15) is 8.42 Å². The molecule has 5 nitrogen and oxygen atoms in total. The molecule has 0 saturated heterocycles. The molecule has 3 aromatic carbocycles. The first-order valence-electron chi connectivity index (χ1n) is 8.21. The molecule has 0 bridgehead atoms. The molecule has 1 N–H and O–H groups in total. The third-order valence-corrected chi connectivity index (χ3v) is 5.46. The number of benzene rings is 3. The number of anilines is 1. The largest absolute Gasteiger partial charge is 0.285 e. The summed E-state index contributed by atoms with van der Waals surface area (Å²) < 4.78 is 28.5. The SMILES string of the molecule is O=S1(=O)N=C(NN(Cc2ccccc2)c2ccccc2)c2ccccc21. The molecule has 0 saturated carbocycles. The van der Waals surface area contributed by atoms with Crippen LogP contribution in [-0.4, -0.2) is 14.3 Å². The van der Waals surface area contributed by atoms with E-state index in [0.29, 0.717) is 17.9 Å². The van der Waals surface area contributed by atoms with E-state index in [2.05, 4.69) is 9.82 Å². The van der Waals surface area contributed by atoms with Crippen molar-refractivity contribution in [1.82, 2.24) is 5.43 Å². The minimum absolute atomic E-state index is 0.232. The summed E-state index contributed by atoms with van der Waals surface area (Å²) in [5.74, 6) is 0.334. The maximum Gasteiger partial charge on any atom is 0.285 e. The number of hydrogen-bond acceptors (Lipinski definition) is 4. The molecule has 0 aliphatic carbocycles. The Morgan fingerprint density at radius 2 is 1.42 bits per heavy atom. The predicted molar refractivity (Wildman–Crippen MR) is 102 cm³/mol. The van der Waals surface area contributed by atoms with Crippen molar-refractivity contribution in [1.29, 1.82) is 0 Å². The highest BCUT2D eigenvalue weighted by Gasteiger charge is 2.29. The molecule has 6 heteroatoms. The van der Waals surface area contributed by atoms with Crippen molar-refractivity contribution in [2.75, 3.05) is 5.01 Å². The second kappa shape index (κ2) is 6.65. The van der Waals surface area contributed by atoms with Crippen LogP contribution in [0.4, 0.5) is 5.69 Å². The Kier molecular flexibility index (Phi) is 4.18. The lowest BCUT2D eigenvalue weighted by Crippen LogP contribution is -2.41. The average molecular weight is 363 g/mol. The summed E-state index contributed by atoms with van der Waals surface area (Å²) in [6.45, 7) is 0.562. The van der Waals surface area contributed by atoms with E-state index >= 15 is 0 Å². The third kappa shape index (κ3) is 3.19. The molecule has 3 aromatic rings. The summed E-state index contributed by atoms with van der Waals surface area (Å²) in [6, 6.07) is 26.6. The number of amidine groups is 1. The number of fused-ring (bicyclic) bond motifs is 1. The summed E-state index contributed by atoms with van der Waals surface area (Å²) in [6.07, 6.45) is 0. The van der Waals surface area contributed by atoms with Crippen LogP contribution in [0.15, 0.2) is 94.2 Å². The van der Waals surface area contributed by atoms with Gasteiger partial charge in [0.25, 0.3) is 10.0 Å². The van der Waals surface area contributed by atoms with Crippen molar-refractivity contribution < 1.29 is 8.42 Å². The van der Waals surface area contributed by atoms with Gasteiger partial charge in [-0.3, -0.25) is 10.4 Å². The summed E-state index contributed by atoms with van der Waals surface area (Å²) in [5.41, 5.74) is 5.79. The zero-order valence-corrected chi connectivity index (χ0v) is 14.7. The van der Waals surface area contributed by atoms with Crippen LogP contribution in [0.5, 0.6) is 0 Å². The van der Waals surface area contributed by atoms with Crippen LogP contribution in [0.25, 0.3) is 0 Å². The van der Waals surface area contributed by atoms with E-state index in [1.165, 1.54) is 0 Å². The van der Waals surface area contributed by atoms with Gasteiger partial charge in [-0.1, -0.05) is 60.7 Å². The van der Waals surface area contributed by atoms with Crippen molar-refractivity contribution in [3.63, 3.8) is 0 Å². The number of para-hydroxylation sites is 1. The van der Waals surface area contributed by atoms with E-state index in [4.69, 9.17) is 0 Å². The molecular weight excluding hydrogens is 346 g/mol. The van der Waals surface area contributed by atoms with Gasteiger partial charge in [-0.15, -0.1) is 4.40 Å². The van der Waals surface area contributed by atoms with Crippen LogP contribution in [-0.2, 0) is 16.6 Å². The highest BCUT2D eigenvalue weighted by atomic mass is 32.2. The van der Waals surface area contributed by atoms with Gasteiger partial charge in [0.15, 0.2) is 5.84 Å². The van der Waals surface area contributed by atoms with E-state index in [1.807, 2.05) is 65.7 Å². The molecule has 1 aliphatic rings. The molecule has 0 spiro atoms. The Balaban J connectivity index is 1.70. The molecule has 0 amide bonds. The zero-order valence-electron chi connectivity index (χ0n) is 13.9. The van der Waals surface area contributed by atoms with Gasteiger partial charge in [-0.05, 0) is 29.8 Å². The standard InChI is InChI=1S/C20H17N3O2S/c24-26(25)19-14-8-7-13-18(19)20(22-26)21-23(17-11-5-2-6-12-17)15-16-9-3-1-4-10-16/h1-14H,15H2,(H,21,22). The Hall–Kier alpha value is -3.12. The quantitative estimate of drug-likeness (QED) is 0.722. The van der Waals surface area contributed by atoms with Gasteiger partial charge in [-0.2, -0.15) is 8.42 Å². The van der Waals surface area contributed by atoms with Gasteiger partial charge in [-0.25, -0.2) is 0 Å². The molecule has 4 rings (SSSR count). The Labute approximate surface area is 152 Å². The van der Waals surface area contributed by atoms with Crippen molar-refractivity contribution in [3.8, 4) is 0 Å². The molecule has 1 aliphatic heterocycles. The second-order valence-corrected chi connectivity index (χ2v) is 7.50. The first-order valence-corrected chi connectivity index (χ1v) is 9.65. The van der Waals surface area contributed by atoms with Crippen LogP contribution >= 0.6 is 0 Å². The fourth-order valence-corrected chi connectivity index (χ4v) is 4.05. The fraction of sp³-hybridized carbons (Fsp3) is 0.0500. The van der Waals surface area contributed by atoms with E-state index < -0.39 is 10.0 Å². The molecule has 0 radical (unpaired) electrons. The molecule has 0 atom stereocenters. The van der Waals surface area contributed by atoms with Gasteiger partial charge in [0.1, 0.15) is 4.90 Å². The smallest absolute Gasteiger partial charge is 0.282 e. The lowest BCUT2D eigenvalue weighted by atomic mass is 10.2. The van der Waals surface area contributed by atoms with Gasteiger partial charge >= 0.3 is 0 Å². The lowest BCUT2D eigenvalue weighted by Gasteiger charge is -2.26. The number of nitrogens with zero attached hydrogens (tertiary/aromatic N) is 2. The van der Waals surface area contributed by atoms with Gasteiger partial charge < -0.3 is 0 Å². The van der Waals surface area contributed by atoms with Crippen molar-refractivity contribution in [2.24, 2.45) is 4.40 Å². The Bertz CT molecular complexity index is 1050. The number of hydrazine groups is 1. The Morgan fingerprint density at radius 1 is 0.808 bits per heavy atom. The van der Waals surface area contributed by atoms with Crippen LogP contribution in [0, 0.1) is 0 Å². The third-order valence-electron chi connectivity index (χ3n) is 4.12. The van der Waals surface area contributed by atoms with E-state index in [0.717, 1.165) is 11.3 Å². The van der Waals surface area contributed by atoms with Crippen molar-refractivity contribution in [2.45, 2.75) is 11.4 Å². The van der Waals surface area contributed by atoms with Crippen LogP contribution in [0.3, 0.4) is 0 Å².